The van der Waals surface area contributed by atoms with Crippen molar-refractivity contribution < 1.29 is 9.53 Å². The minimum Gasteiger partial charge on any atom is -0.488 e. The molecular formula is C15H21N3O2S. The van der Waals surface area contributed by atoms with Gasteiger partial charge in [-0.15, -0.1) is 11.8 Å². The fourth-order valence-corrected chi connectivity index (χ4v) is 4.43. The lowest BCUT2D eigenvalue weighted by Gasteiger charge is -2.47. The van der Waals surface area contributed by atoms with Crippen LogP contribution in [-0.2, 0) is 4.79 Å². The number of aromatic nitrogens is 1. The van der Waals surface area contributed by atoms with Crippen molar-refractivity contribution in [3.63, 3.8) is 0 Å². The summed E-state index contributed by atoms with van der Waals surface area (Å²) in [5.74, 6) is 2.05. The number of likely N-dealkylation sites (N-methyl/N-ethyl adjacent to an activating group) is 1. The van der Waals surface area contributed by atoms with Crippen LogP contribution in [0.25, 0.3) is 0 Å². The van der Waals surface area contributed by atoms with E-state index in [2.05, 4.69) is 4.98 Å². The smallest absolute Gasteiger partial charge is 0.236 e. The minimum atomic E-state index is 0.217. The summed E-state index contributed by atoms with van der Waals surface area (Å²) >= 11 is 1.95. The molecule has 5 nitrogen and oxygen atoms in total. The van der Waals surface area contributed by atoms with E-state index in [1.807, 2.05) is 47.8 Å². The summed E-state index contributed by atoms with van der Waals surface area (Å²) in [5, 5.41) is 0. The van der Waals surface area contributed by atoms with Gasteiger partial charge in [-0.1, -0.05) is 0 Å². The summed E-state index contributed by atoms with van der Waals surface area (Å²) in [6, 6.07) is 3.83. The molecular weight excluding hydrogens is 286 g/mol. The molecule has 6 heteroatoms. The number of likely N-dealkylation sites (tertiary alicyclic amines) is 1. The van der Waals surface area contributed by atoms with Crippen molar-refractivity contribution in [2.75, 3.05) is 39.5 Å². The Morgan fingerprint density at radius 2 is 2.38 bits per heavy atom. The molecule has 2 aliphatic heterocycles. The van der Waals surface area contributed by atoms with Crippen molar-refractivity contribution in [2.24, 2.45) is 0 Å². The maximum atomic E-state index is 12.0. The largest absolute Gasteiger partial charge is 0.488 e. The zero-order valence-corrected chi connectivity index (χ0v) is 13.3. The zero-order chi connectivity index (χ0) is 14.9. The van der Waals surface area contributed by atoms with Gasteiger partial charge in [0, 0.05) is 31.5 Å². The molecule has 2 fully saturated rings. The lowest BCUT2D eigenvalue weighted by atomic mass is 9.93. The number of carbonyl (C=O) groups is 1. The third kappa shape index (κ3) is 3.32. The Morgan fingerprint density at radius 3 is 3.05 bits per heavy atom. The van der Waals surface area contributed by atoms with Gasteiger partial charge in [0.15, 0.2) is 0 Å². The Labute approximate surface area is 129 Å². The monoisotopic (exact) mass is 307 g/mol. The molecule has 3 rings (SSSR count). The van der Waals surface area contributed by atoms with E-state index in [-0.39, 0.29) is 16.8 Å². The van der Waals surface area contributed by atoms with Gasteiger partial charge in [0.05, 0.1) is 17.5 Å². The number of thioether (sulfide) groups is 1. The van der Waals surface area contributed by atoms with Crippen LogP contribution in [0.3, 0.4) is 0 Å². The van der Waals surface area contributed by atoms with E-state index in [1.165, 1.54) is 0 Å². The lowest BCUT2D eigenvalue weighted by molar-refractivity contribution is -0.137. The Kier molecular flexibility index (Phi) is 4.08. The first-order valence-corrected chi connectivity index (χ1v) is 8.18. The van der Waals surface area contributed by atoms with Gasteiger partial charge in [-0.05, 0) is 26.2 Å². The molecule has 2 aliphatic rings. The van der Waals surface area contributed by atoms with Crippen LogP contribution in [0.4, 0.5) is 0 Å². The number of carbonyl (C=O) groups excluding carboxylic acids is 1. The molecule has 21 heavy (non-hydrogen) atoms. The predicted octanol–water partition coefficient (Wildman–Crippen LogP) is 1.11. The Morgan fingerprint density at radius 1 is 1.57 bits per heavy atom. The third-order valence-electron chi connectivity index (χ3n) is 3.87. The number of rotatable bonds is 4. The van der Waals surface area contributed by atoms with Crippen LogP contribution < -0.4 is 4.74 Å². The molecule has 2 saturated heterocycles. The van der Waals surface area contributed by atoms with Gasteiger partial charge in [-0.3, -0.25) is 9.78 Å². The molecule has 0 aromatic carbocycles. The molecule has 1 atom stereocenters. The Balaban J connectivity index is 1.49. The molecule has 1 amide bonds. The first kappa shape index (κ1) is 14.7. The Hall–Kier alpha value is -1.27. The van der Waals surface area contributed by atoms with Gasteiger partial charge in [0.1, 0.15) is 11.9 Å². The average Bonchev–Trinajstić information content (AvgIpc) is 2.81. The highest BCUT2D eigenvalue weighted by Gasteiger charge is 2.51. The second-order valence-corrected chi connectivity index (χ2v) is 7.60. The number of amides is 1. The maximum Gasteiger partial charge on any atom is 0.236 e. The predicted molar refractivity (Wildman–Crippen MR) is 83.6 cm³/mol. The number of hydrogen-bond acceptors (Lipinski definition) is 5. The molecule has 1 aromatic heterocycles. The molecule has 1 spiro atoms. The molecule has 114 valence electrons. The normalized spacial score (nSPS) is 23.4. The standard InChI is InChI=1S/C15H21N3O2S/c1-17(2)8-14(19)18-10-15(11-18)6-13(9-21-15)20-12-4-3-5-16-7-12/h3-5,7,13H,6,8-11H2,1-2H3/t13-/m1/s1. The Bertz CT molecular complexity index is 503. The number of ether oxygens (including phenoxy) is 1. The van der Waals surface area contributed by atoms with E-state index in [0.29, 0.717) is 6.54 Å². The molecule has 0 aliphatic carbocycles. The molecule has 0 bridgehead atoms. The van der Waals surface area contributed by atoms with E-state index < -0.39 is 0 Å². The van der Waals surface area contributed by atoms with Crippen molar-refractivity contribution in [2.45, 2.75) is 17.3 Å². The van der Waals surface area contributed by atoms with Crippen LogP contribution in [0.1, 0.15) is 6.42 Å². The van der Waals surface area contributed by atoms with E-state index in [1.54, 1.807) is 12.4 Å². The highest BCUT2D eigenvalue weighted by molar-refractivity contribution is 8.01. The van der Waals surface area contributed by atoms with Gasteiger partial charge in [0.25, 0.3) is 0 Å². The highest BCUT2D eigenvalue weighted by atomic mass is 32.2. The molecule has 0 N–H and O–H groups in total. The fourth-order valence-electron chi connectivity index (χ4n) is 2.90. The molecule has 3 heterocycles. The van der Waals surface area contributed by atoms with Crippen LogP contribution in [-0.4, -0.2) is 71.0 Å². The fraction of sp³-hybridized carbons (Fsp3) is 0.600. The van der Waals surface area contributed by atoms with E-state index in [0.717, 1.165) is 31.0 Å². The average molecular weight is 307 g/mol. The van der Waals surface area contributed by atoms with E-state index in [4.69, 9.17) is 4.74 Å². The molecule has 0 saturated carbocycles. The minimum absolute atomic E-state index is 0.217. The molecule has 0 unspecified atom stereocenters. The SMILES string of the molecule is CN(C)CC(=O)N1CC2(C[C@@H](Oc3cccnc3)CS2)C1. The van der Waals surface area contributed by atoms with Gasteiger partial charge < -0.3 is 14.5 Å². The van der Waals surface area contributed by atoms with Crippen molar-refractivity contribution in [1.29, 1.82) is 0 Å². The summed E-state index contributed by atoms with van der Waals surface area (Å²) in [7, 11) is 3.85. The van der Waals surface area contributed by atoms with Crippen molar-refractivity contribution in [1.82, 2.24) is 14.8 Å². The van der Waals surface area contributed by atoms with Crippen LogP contribution >= 0.6 is 11.8 Å². The topological polar surface area (TPSA) is 45.7 Å². The van der Waals surface area contributed by atoms with Crippen molar-refractivity contribution in [3.05, 3.63) is 24.5 Å². The summed E-state index contributed by atoms with van der Waals surface area (Å²) in [6.45, 7) is 2.21. The number of nitrogens with zero attached hydrogens (tertiary/aromatic N) is 3. The maximum absolute atomic E-state index is 12.0. The van der Waals surface area contributed by atoms with Crippen molar-refractivity contribution in [3.8, 4) is 5.75 Å². The highest BCUT2D eigenvalue weighted by Crippen LogP contribution is 2.46. The van der Waals surface area contributed by atoms with Crippen LogP contribution in [0.5, 0.6) is 5.75 Å². The quantitative estimate of drug-likeness (QED) is 0.834. The summed E-state index contributed by atoms with van der Waals surface area (Å²) < 4.78 is 6.19. The second-order valence-electron chi connectivity index (χ2n) is 6.11. The van der Waals surface area contributed by atoms with Crippen LogP contribution in [0, 0.1) is 0 Å². The van der Waals surface area contributed by atoms with Crippen LogP contribution in [0.15, 0.2) is 24.5 Å². The number of hydrogen-bond donors (Lipinski definition) is 0. The van der Waals surface area contributed by atoms with E-state index >= 15 is 0 Å². The second kappa shape index (κ2) is 5.85. The first-order chi connectivity index (χ1) is 10.1. The zero-order valence-electron chi connectivity index (χ0n) is 12.5. The summed E-state index contributed by atoms with van der Waals surface area (Å²) in [6.07, 6.45) is 4.74. The first-order valence-electron chi connectivity index (χ1n) is 7.19. The van der Waals surface area contributed by atoms with Gasteiger partial charge in [-0.2, -0.15) is 0 Å². The van der Waals surface area contributed by atoms with Crippen molar-refractivity contribution >= 4 is 17.7 Å². The van der Waals surface area contributed by atoms with E-state index in [9.17, 15) is 4.79 Å². The lowest BCUT2D eigenvalue weighted by Crippen LogP contribution is -2.62. The molecule has 0 radical (unpaired) electrons. The van der Waals surface area contributed by atoms with Gasteiger partial charge in [0.2, 0.25) is 5.91 Å². The number of pyridine rings is 1. The van der Waals surface area contributed by atoms with Gasteiger partial charge in [-0.25, -0.2) is 0 Å². The third-order valence-corrected chi connectivity index (χ3v) is 5.45. The van der Waals surface area contributed by atoms with Crippen LogP contribution in [0.2, 0.25) is 0 Å². The molecule has 1 aromatic rings. The summed E-state index contributed by atoms with van der Waals surface area (Å²) in [5.41, 5.74) is 0. The summed E-state index contributed by atoms with van der Waals surface area (Å²) in [4.78, 5) is 19.9. The van der Waals surface area contributed by atoms with Gasteiger partial charge >= 0.3 is 0 Å².